The Morgan fingerprint density at radius 1 is 1.17 bits per heavy atom. The normalized spacial score (nSPS) is 11.9. The smallest absolute Gasteiger partial charge is 0.234 e. The lowest BCUT2D eigenvalue weighted by atomic mass is 10.1. The SMILES string of the molecule is Cc1ccc(NC(=O)CSc2nnc(C(C)Oc3ccc(Br)cc3)n2C)cc1C. The van der Waals surface area contributed by atoms with Crippen molar-refractivity contribution in [2.45, 2.75) is 32.0 Å². The van der Waals surface area contributed by atoms with E-state index < -0.39 is 0 Å². The third kappa shape index (κ3) is 5.61. The number of aryl methyl sites for hydroxylation is 2. The summed E-state index contributed by atoms with van der Waals surface area (Å²) in [5.41, 5.74) is 3.14. The molecule has 3 rings (SSSR count). The molecule has 3 aromatic rings. The van der Waals surface area contributed by atoms with Gasteiger partial charge in [0.15, 0.2) is 17.1 Å². The van der Waals surface area contributed by atoms with Gasteiger partial charge in [0, 0.05) is 17.2 Å². The van der Waals surface area contributed by atoms with E-state index in [0.717, 1.165) is 21.5 Å². The summed E-state index contributed by atoms with van der Waals surface area (Å²) in [6, 6.07) is 13.5. The van der Waals surface area contributed by atoms with E-state index in [9.17, 15) is 4.79 Å². The fourth-order valence-electron chi connectivity index (χ4n) is 2.72. The molecule has 0 bridgehead atoms. The number of carbonyl (C=O) groups excluding carboxylic acids is 1. The van der Waals surface area contributed by atoms with Gasteiger partial charge in [0.25, 0.3) is 0 Å². The lowest BCUT2D eigenvalue weighted by Gasteiger charge is -2.14. The predicted molar refractivity (Wildman–Crippen MR) is 119 cm³/mol. The molecule has 8 heteroatoms. The molecule has 1 atom stereocenters. The van der Waals surface area contributed by atoms with Crippen LogP contribution in [0.25, 0.3) is 0 Å². The third-order valence-electron chi connectivity index (χ3n) is 4.48. The van der Waals surface area contributed by atoms with Gasteiger partial charge in [0.2, 0.25) is 5.91 Å². The highest BCUT2D eigenvalue weighted by molar-refractivity contribution is 9.10. The van der Waals surface area contributed by atoms with Crippen molar-refractivity contribution in [1.82, 2.24) is 14.8 Å². The summed E-state index contributed by atoms with van der Waals surface area (Å²) in [5, 5.41) is 12.0. The van der Waals surface area contributed by atoms with Gasteiger partial charge in [0.1, 0.15) is 5.75 Å². The minimum atomic E-state index is -0.271. The molecule has 0 spiro atoms. The molecule has 0 saturated carbocycles. The van der Waals surface area contributed by atoms with E-state index in [1.165, 1.54) is 17.3 Å². The van der Waals surface area contributed by atoms with Crippen LogP contribution in [0.15, 0.2) is 52.1 Å². The van der Waals surface area contributed by atoms with Gasteiger partial charge in [-0.1, -0.05) is 33.8 Å². The highest BCUT2D eigenvalue weighted by Crippen LogP contribution is 2.25. The number of amides is 1. The maximum absolute atomic E-state index is 12.3. The number of halogens is 1. The molecule has 1 unspecified atom stereocenters. The van der Waals surface area contributed by atoms with E-state index >= 15 is 0 Å². The quantitative estimate of drug-likeness (QED) is 0.484. The lowest BCUT2D eigenvalue weighted by Crippen LogP contribution is -2.15. The fourth-order valence-corrected chi connectivity index (χ4v) is 3.70. The summed E-state index contributed by atoms with van der Waals surface area (Å²) in [5.74, 6) is 1.62. The zero-order valence-electron chi connectivity index (χ0n) is 16.8. The van der Waals surface area contributed by atoms with E-state index in [1.807, 2.05) is 74.9 Å². The van der Waals surface area contributed by atoms with Crippen molar-refractivity contribution in [3.63, 3.8) is 0 Å². The summed E-state index contributed by atoms with van der Waals surface area (Å²) in [6.07, 6.45) is -0.271. The van der Waals surface area contributed by atoms with Gasteiger partial charge in [-0.2, -0.15) is 0 Å². The number of aromatic nitrogens is 3. The van der Waals surface area contributed by atoms with E-state index in [1.54, 1.807) is 0 Å². The van der Waals surface area contributed by atoms with Crippen molar-refractivity contribution in [2.75, 3.05) is 11.1 Å². The zero-order chi connectivity index (χ0) is 21.0. The standard InChI is InChI=1S/C21H23BrN4O2S/c1-13-5-8-17(11-14(13)2)23-19(27)12-29-21-25-24-20(26(21)4)15(3)28-18-9-6-16(22)7-10-18/h5-11,15H,12H2,1-4H3,(H,23,27). The molecule has 1 aromatic heterocycles. The Morgan fingerprint density at radius 3 is 2.59 bits per heavy atom. The minimum Gasteiger partial charge on any atom is -0.483 e. The Balaban J connectivity index is 1.57. The number of thioether (sulfide) groups is 1. The first-order chi connectivity index (χ1) is 13.8. The number of nitrogens with one attached hydrogen (secondary N) is 1. The number of hydrogen-bond acceptors (Lipinski definition) is 5. The Morgan fingerprint density at radius 2 is 1.90 bits per heavy atom. The van der Waals surface area contributed by atoms with Crippen LogP contribution in [0, 0.1) is 13.8 Å². The number of nitrogens with zero attached hydrogens (tertiary/aromatic N) is 3. The number of hydrogen-bond donors (Lipinski definition) is 1. The fraction of sp³-hybridized carbons (Fsp3) is 0.286. The van der Waals surface area contributed by atoms with Crippen molar-refractivity contribution in [3.8, 4) is 5.75 Å². The molecule has 2 aromatic carbocycles. The van der Waals surface area contributed by atoms with Crippen LogP contribution in [-0.4, -0.2) is 26.4 Å². The molecule has 1 heterocycles. The Kier molecular flexibility index (Phi) is 6.97. The maximum atomic E-state index is 12.3. The van der Waals surface area contributed by atoms with Crippen molar-refractivity contribution in [1.29, 1.82) is 0 Å². The first kappa shape index (κ1) is 21.4. The first-order valence-corrected chi connectivity index (χ1v) is 10.9. The molecule has 0 radical (unpaired) electrons. The lowest BCUT2D eigenvalue weighted by molar-refractivity contribution is -0.113. The van der Waals surface area contributed by atoms with Gasteiger partial charge < -0.3 is 14.6 Å². The third-order valence-corrected chi connectivity index (χ3v) is 6.03. The zero-order valence-corrected chi connectivity index (χ0v) is 19.2. The second-order valence-electron chi connectivity index (χ2n) is 6.75. The molecule has 1 N–H and O–H groups in total. The average molecular weight is 475 g/mol. The molecule has 152 valence electrons. The van der Waals surface area contributed by atoms with Gasteiger partial charge in [-0.15, -0.1) is 10.2 Å². The molecule has 1 amide bonds. The number of rotatable bonds is 7. The van der Waals surface area contributed by atoms with E-state index in [4.69, 9.17) is 4.74 Å². The van der Waals surface area contributed by atoms with Crippen molar-refractivity contribution < 1.29 is 9.53 Å². The van der Waals surface area contributed by atoms with E-state index in [-0.39, 0.29) is 17.8 Å². The van der Waals surface area contributed by atoms with Crippen LogP contribution in [0.2, 0.25) is 0 Å². The van der Waals surface area contributed by atoms with Gasteiger partial charge in [-0.05, 0) is 68.3 Å². The number of anilines is 1. The Hall–Kier alpha value is -2.32. The summed E-state index contributed by atoms with van der Waals surface area (Å²) >= 11 is 4.75. The molecular formula is C21H23BrN4O2S. The van der Waals surface area contributed by atoms with Gasteiger partial charge in [-0.3, -0.25) is 4.79 Å². The van der Waals surface area contributed by atoms with Crippen LogP contribution >= 0.6 is 27.7 Å². The second-order valence-corrected chi connectivity index (χ2v) is 8.61. The van der Waals surface area contributed by atoms with Crippen LogP contribution in [0.3, 0.4) is 0 Å². The molecule has 0 saturated heterocycles. The maximum Gasteiger partial charge on any atom is 0.234 e. The van der Waals surface area contributed by atoms with Gasteiger partial charge in [0.05, 0.1) is 5.75 Å². The number of carbonyl (C=O) groups is 1. The largest absolute Gasteiger partial charge is 0.483 e. The van der Waals surface area contributed by atoms with Crippen LogP contribution in [0.1, 0.15) is 30.0 Å². The van der Waals surface area contributed by atoms with Crippen LogP contribution in [0.4, 0.5) is 5.69 Å². The van der Waals surface area contributed by atoms with Crippen molar-refractivity contribution in [3.05, 3.63) is 63.9 Å². The van der Waals surface area contributed by atoms with Crippen molar-refractivity contribution >= 4 is 39.3 Å². The Labute approximate surface area is 183 Å². The van der Waals surface area contributed by atoms with Crippen LogP contribution < -0.4 is 10.1 Å². The summed E-state index contributed by atoms with van der Waals surface area (Å²) < 4.78 is 8.80. The topological polar surface area (TPSA) is 69.0 Å². The average Bonchev–Trinajstić information content (AvgIpc) is 3.05. The minimum absolute atomic E-state index is 0.0815. The number of ether oxygens (including phenoxy) is 1. The molecule has 6 nitrogen and oxygen atoms in total. The first-order valence-electron chi connectivity index (χ1n) is 9.15. The summed E-state index contributed by atoms with van der Waals surface area (Å²) in [6.45, 7) is 6.00. The molecule has 0 fully saturated rings. The second kappa shape index (κ2) is 9.45. The summed E-state index contributed by atoms with van der Waals surface area (Å²) in [7, 11) is 1.88. The monoisotopic (exact) mass is 474 g/mol. The molecular weight excluding hydrogens is 452 g/mol. The highest BCUT2D eigenvalue weighted by Gasteiger charge is 2.18. The number of benzene rings is 2. The van der Waals surface area contributed by atoms with Gasteiger partial charge >= 0.3 is 0 Å². The Bertz CT molecular complexity index is 1000. The molecule has 0 aliphatic carbocycles. The highest BCUT2D eigenvalue weighted by atomic mass is 79.9. The molecule has 0 aliphatic heterocycles. The summed E-state index contributed by atoms with van der Waals surface area (Å²) in [4.78, 5) is 12.3. The predicted octanol–water partition coefficient (Wildman–Crippen LogP) is 5.07. The molecule has 29 heavy (non-hydrogen) atoms. The van der Waals surface area contributed by atoms with Crippen LogP contribution in [0.5, 0.6) is 5.75 Å². The van der Waals surface area contributed by atoms with Gasteiger partial charge in [-0.25, -0.2) is 0 Å². The van der Waals surface area contributed by atoms with Crippen molar-refractivity contribution in [2.24, 2.45) is 7.05 Å². The van der Waals surface area contributed by atoms with Crippen LogP contribution in [-0.2, 0) is 11.8 Å². The van der Waals surface area contributed by atoms with E-state index in [0.29, 0.717) is 11.0 Å². The molecule has 0 aliphatic rings. The van der Waals surface area contributed by atoms with E-state index in [2.05, 4.69) is 31.4 Å².